The summed E-state index contributed by atoms with van der Waals surface area (Å²) in [6.45, 7) is 1.88. The lowest BCUT2D eigenvalue weighted by molar-refractivity contribution is 0.102. The number of nitrogens with zero attached hydrogens (tertiary/aromatic N) is 1. The molecule has 21 heavy (non-hydrogen) atoms. The topological polar surface area (TPSA) is 62.2 Å². The van der Waals surface area contributed by atoms with Crippen molar-refractivity contribution in [3.63, 3.8) is 0 Å². The molecule has 0 aliphatic carbocycles. The van der Waals surface area contributed by atoms with Gasteiger partial charge in [-0.1, -0.05) is 23.4 Å². The molecule has 0 saturated carbocycles. The lowest BCUT2D eigenvalue weighted by atomic mass is 10.1. The van der Waals surface area contributed by atoms with Gasteiger partial charge in [0.1, 0.15) is 0 Å². The van der Waals surface area contributed by atoms with Gasteiger partial charge in [-0.05, 0) is 25.1 Å². The molecule has 0 radical (unpaired) electrons. The molecular weight excluding hydrogens is 308 g/mol. The second-order valence-electron chi connectivity index (χ2n) is 4.22. The van der Waals surface area contributed by atoms with Gasteiger partial charge in [0.2, 0.25) is 0 Å². The van der Waals surface area contributed by atoms with E-state index in [0.29, 0.717) is 27.7 Å². The summed E-state index contributed by atoms with van der Waals surface area (Å²) < 4.78 is 0. The standard InChI is InChI=1S/C15H13ClN2O2S/c1-10-9-21-15(17-10)18-14(20)12-6-5-11(13(16)8-12)4-2-3-7-19/h5-6,8-9,19H,3,7H2,1H3,(H,17,18,20). The number of rotatable bonds is 3. The molecule has 4 nitrogen and oxygen atoms in total. The molecule has 6 heteroatoms. The Morgan fingerprint density at radius 2 is 2.33 bits per heavy atom. The average molecular weight is 321 g/mol. The Morgan fingerprint density at radius 1 is 1.52 bits per heavy atom. The summed E-state index contributed by atoms with van der Waals surface area (Å²) >= 11 is 7.47. The Morgan fingerprint density at radius 3 is 2.95 bits per heavy atom. The van der Waals surface area contributed by atoms with Gasteiger partial charge in [0.05, 0.1) is 17.3 Å². The highest BCUT2D eigenvalue weighted by molar-refractivity contribution is 7.13. The van der Waals surface area contributed by atoms with Crippen LogP contribution in [0.4, 0.5) is 5.13 Å². The minimum atomic E-state index is -0.263. The molecule has 0 saturated heterocycles. The Balaban J connectivity index is 2.12. The van der Waals surface area contributed by atoms with Crippen LogP contribution in [-0.4, -0.2) is 22.6 Å². The third-order valence-electron chi connectivity index (χ3n) is 2.53. The monoisotopic (exact) mass is 320 g/mol. The van der Waals surface area contributed by atoms with E-state index in [-0.39, 0.29) is 12.5 Å². The van der Waals surface area contributed by atoms with Crippen LogP contribution in [0.15, 0.2) is 23.6 Å². The summed E-state index contributed by atoms with van der Waals surface area (Å²) in [7, 11) is 0. The van der Waals surface area contributed by atoms with Crippen LogP contribution in [0.2, 0.25) is 5.02 Å². The number of carbonyl (C=O) groups is 1. The van der Waals surface area contributed by atoms with E-state index in [2.05, 4.69) is 22.1 Å². The quantitative estimate of drug-likeness (QED) is 0.854. The number of aliphatic hydroxyl groups excluding tert-OH is 1. The molecule has 108 valence electrons. The number of halogens is 1. The second-order valence-corrected chi connectivity index (χ2v) is 5.48. The van der Waals surface area contributed by atoms with E-state index in [1.54, 1.807) is 18.2 Å². The highest BCUT2D eigenvalue weighted by Crippen LogP contribution is 2.19. The number of hydrogen-bond acceptors (Lipinski definition) is 4. The number of thiazole rings is 1. The highest BCUT2D eigenvalue weighted by Gasteiger charge is 2.10. The van der Waals surface area contributed by atoms with Gasteiger partial charge in [-0.15, -0.1) is 11.3 Å². The predicted octanol–water partition coefficient (Wildman–Crippen LogP) is 3.09. The number of hydrogen-bond donors (Lipinski definition) is 2. The number of nitrogens with one attached hydrogen (secondary N) is 1. The smallest absolute Gasteiger partial charge is 0.257 e. The summed E-state index contributed by atoms with van der Waals surface area (Å²) in [6, 6.07) is 4.92. The fraction of sp³-hybridized carbons (Fsp3) is 0.200. The van der Waals surface area contributed by atoms with Crippen molar-refractivity contribution in [1.82, 2.24) is 4.98 Å². The van der Waals surface area contributed by atoms with E-state index in [4.69, 9.17) is 16.7 Å². The Bertz CT molecular complexity index is 716. The highest BCUT2D eigenvalue weighted by atomic mass is 35.5. The van der Waals surface area contributed by atoms with Crippen molar-refractivity contribution in [2.24, 2.45) is 0 Å². The third kappa shape index (κ3) is 4.30. The summed E-state index contributed by atoms with van der Waals surface area (Å²) in [4.78, 5) is 16.2. The van der Waals surface area contributed by atoms with Gasteiger partial charge in [0.15, 0.2) is 5.13 Å². The van der Waals surface area contributed by atoms with Crippen LogP contribution in [-0.2, 0) is 0 Å². The lowest BCUT2D eigenvalue weighted by Gasteiger charge is -2.03. The van der Waals surface area contributed by atoms with Gasteiger partial charge >= 0.3 is 0 Å². The Kier molecular flexibility index (Phi) is 5.34. The molecule has 0 aliphatic rings. The van der Waals surface area contributed by atoms with Crippen LogP contribution in [0.1, 0.15) is 28.0 Å². The molecule has 0 bridgehead atoms. The van der Waals surface area contributed by atoms with Crippen molar-refractivity contribution >= 4 is 34.0 Å². The van der Waals surface area contributed by atoms with Crippen LogP contribution in [0.3, 0.4) is 0 Å². The number of anilines is 1. The molecule has 1 aromatic heterocycles. The van der Waals surface area contributed by atoms with E-state index >= 15 is 0 Å². The first-order valence-corrected chi connectivity index (χ1v) is 7.48. The SMILES string of the molecule is Cc1csc(NC(=O)c2ccc(C#CCCO)c(Cl)c2)n1. The molecule has 0 spiro atoms. The van der Waals surface area contributed by atoms with Crippen LogP contribution >= 0.6 is 22.9 Å². The molecule has 2 N–H and O–H groups in total. The van der Waals surface area contributed by atoms with Gasteiger partial charge in [-0.3, -0.25) is 10.1 Å². The number of aromatic nitrogens is 1. The molecule has 0 atom stereocenters. The van der Waals surface area contributed by atoms with Gasteiger partial charge in [-0.25, -0.2) is 4.98 Å². The summed E-state index contributed by atoms with van der Waals surface area (Å²) in [5, 5.41) is 14.2. The first-order chi connectivity index (χ1) is 10.1. The van der Waals surface area contributed by atoms with Crippen molar-refractivity contribution in [2.45, 2.75) is 13.3 Å². The summed E-state index contributed by atoms with van der Waals surface area (Å²) in [6.07, 6.45) is 0.391. The Hall–Kier alpha value is -1.87. The molecule has 0 unspecified atom stereocenters. The third-order valence-corrected chi connectivity index (χ3v) is 3.72. The maximum Gasteiger partial charge on any atom is 0.257 e. The fourth-order valence-electron chi connectivity index (χ4n) is 1.55. The second kappa shape index (κ2) is 7.23. The molecular formula is C15H13ClN2O2S. The van der Waals surface area contributed by atoms with Crippen molar-refractivity contribution < 1.29 is 9.90 Å². The maximum absolute atomic E-state index is 12.1. The zero-order valence-corrected chi connectivity index (χ0v) is 12.9. The van der Waals surface area contributed by atoms with Crippen molar-refractivity contribution in [2.75, 3.05) is 11.9 Å². The van der Waals surface area contributed by atoms with E-state index in [0.717, 1.165) is 5.69 Å². The van der Waals surface area contributed by atoms with Crippen molar-refractivity contribution in [3.05, 3.63) is 45.4 Å². The van der Waals surface area contributed by atoms with Crippen molar-refractivity contribution in [3.8, 4) is 11.8 Å². The van der Waals surface area contributed by atoms with E-state index in [1.807, 2.05) is 12.3 Å². The minimum Gasteiger partial charge on any atom is -0.395 e. The first-order valence-electron chi connectivity index (χ1n) is 6.23. The fourth-order valence-corrected chi connectivity index (χ4v) is 2.46. The van der Waals surface area contributed by atoms with Crippen LogP contribution in [0, 0.1) is 18.8 Å². The molecule has 1 heterocycles. The van der Waals surface area contributed by atoms with Crippen LogP contribution in [0.5, 0.6) is 0 Å². The van der Waals surface area contributed by atoms with Crippen LogP contribution in [0.25, 0.3) is 0 Å². The molecule has 1 amide bonds. The maximum atomic E-state index is 12.1. The predicted molar refractivity (Wildman–Crippen MR) is 84.8 cm³/mol. The average Bonchev–Trinajstić information content (AvgIpc) is 2.86. The van der Waals surface area contributed by atoms with Gasteiger partial charge < -0.3 is 5.11 Å². The zero-order valence-electron chi connectivity index (χ0n) is 11.3. The number of benzene rings is 1. The largest absolute Gasteiger partial charge is 0.395 e. The molecule has 1 aromatic carbocycles. The summed E-state index contributed by atoms with van der Waals surface area (Å²) in [5.74, 6) is 5.38. The van der Waals surface area contributed by atoms with Gasteiger partial charge in [0, 0.05) is 22.9 Å². The number of aliphatic hydroxyl groups is 1. The number of amides is 1. The molecule has 2 aromatic rings. The first kappa shape index (κ1) is 15.5. The molecule has 2 rings (SSSR count). The van der Waals surface area contributed by atoms with Crippen molar-refractivity contribution in [1.29, 1.82) is 0 Å². The van der Waals surface area contributed by atoms with Gasteiger partial charge in [0.25, 0.3) is 5.91 Å². The summed E-state index contributed by atoms with van der Waals surface area (Å²) in [5.41, 5.74) is 1.94. The van der Waals surface area contributed by atoms with Crippen LogP contribution < -0.4 is 5.32 Å². The van der Waals surface area contributed by atoms with E-state index in [1.165, 1.54) is 11.3 Å². The van der Waals surface area contributed by atoms with E-state index < -0.39 is 0 Å². The minimum absolute atomic E-state index is 0.0122. The Labute approximate surface area is 131 Å². The van der Waals surface area contributed by atoms with E-state index in [9.17, 15) is 4.79 Å². The van der Waals surface area contributed by atoms with Gasteiger partial charge in [-0.2, -0.15) is 0 Å². The molecule has 0 fully saturated rings. The lowest BCUT2D eigenvalue weighted by Crippen LogP contribution is -2.11. The molecule has 0 aliphatic heterocycles. The zero-order chi connectivity index (χ0) is 15.2. The number of aryl methyl sites for hydroxylation is 1. The number of carbonyl (C=O) groups excluding carboxylic acids is 1. The normalized spacial score (nSPS) is 9.86.